The van der Waals surface area contributed by atoms with Crippen molar-refractivity contribution in [2.45, 2.75) is 173 Å². The monoisotopic (exact) mass is 1000 g/mol. The van der Waals surface area contributed by atoms with Gasteiger partial charge < -0.3 is 0 Å². The number of benzene rings is 4. The molecule has 8 rings (SSSR count). The Kier molecular flexibility index (Phi) is 12.8. The maximum atomic E-state index is 6.19. The van der Waals surface area contributed by atoms with E-state index in [0.717, 1.165) is 12.8 Å². The number of allylic oxidation sites excluding steroid dienone is 8. The van der Waals surface area contributed by atoms with E-state index in [1.165, 1.54) is 78.9 Å². The zero-order valence-corrected chi connectivity index (χ0v) is 48.8. The molecule has 0 saturated heterocycles. The molecule has 4 aromatic carbocycles. The molecule has 0 radical (unpaired) electrons. The van der Waals surface area contributed by atoms with Gasteiger partial charge in [-0.3, -0.25) is 0 Å². The van der Waals surface area contributed by atoms with Crippen LogP contribution in [0.4, 0.5) is 0 Å². The van der Waals surface area contributed by atoms with Crippen molar-refractivity contribution < 1.29 is 18.3 Å². The van der Waals surface area contributed by atoms with Crippen LogP contribution in [0.5, 0.6) is 0 Å². The topological polar surface area (TPSA) is 0 Å². The van der Waals surface area contributed by atoms with E-state index in [1.807, 2.05) is 0 Å². The van der Waals surface area contributed by atoms with E-state index >= 15 is 0 Å². The van der Waals surface area contributed by atoms with Crippen LogP contribution in [0, 0.1) is 22.2 Å². The maximum absolute atomic E-state index is 6.19. The molecule has 0 aromatic heterocycles. The SMILES string of the molecule is Cl.Cl.[CH2]=[Zr]([C]1=CC(C(C)(C)C)=CC1CC)([C]1=C(C(C)(C)C)c2cc3c(cc2C1(C)C)Cc1cc2c(cc1-3)C(C(C)(C)C)=CC2(C)C)([c]1ccc(C(C)(C)C)cc1)[c]1ccc(C(C)(C)C)cc1. The fourth-order valence-electron chi connectivity index (χ4n) is 12.8. The van der Waals surface area contributed by atoms with Gasteiger partial charge in [-0.1, -0.05) is 0 Å². The molecular formula is C63H84Cl2Zr. The number of rotatable bonds is 5. The molecule has 0 bridgehead atoms. The van der Waals surface area contributed by atoms with Crippen molar-refractivity contribution in [3.05, 3.63) is 148 Å². The summed E-state index contributed by atoms with van der Waals surface area (Å²) in [5.74, 6) is 0.295. The minimum absolute atomic E-state index is 0. The quantitative estimate of drug-likeness (QED) is 0.165. The summed E-state index contributed by atoms with van der Waals surface area (Å²) in [5, 5.41) is 0. The molecule has 0 amide bonds. The van der Waals surface area contributed by atoms with Crippen molar-refractivity contribution in [3.8, 4) is 11.1 Å². The van der Waals surface area contributed by atoms with Gasteiger partial charge in [0.2, 0.25) is 0 Å². The van der Waals surface area contributed by atoms with E-state index in [-0.39, 0.29) is 62.7 Å². The van der Waals surface area contributed by atoms with Crippen molar-refractivity contribution in [2.24, 2.45) is 22.2 Å². The molecule has 1 unspecified atom stereocenters. The number of fused-ring (bicyclic) bond motifs is 5. The Morgan fingerprint density at radius 3 is 1.42 bits per heavy atom. The minimum atomic E-state index is -5.35. The fourth-order valence-corrected chi connectivity index (χ4v) is 32.1. The first-order valence-corrected chi connectivity index (χ1v) is 31.3. The van der Waals surface area contributed by atoms with Gasteiger partial charge in [0.05, 0.1) is 0 Å². The van der Waals surface area contributed by atoms with Crippen LogP contribution in [0.2, 0.25) is 0 Å². The summed E-state index contributed by atoms with van der Waals surface area (Å²) in [6, 6.07) is 30.6. The van der Waals surface area contributed by atoms with Crippen LogP contribution in [0.25, 0.3) is 22.3 Å². The third-order valence-electron chi connectivity index (χ3n) is 16.4. The van der Waals surface area contributed by atoms with Gasteiger partial charge in [-0.15, -0.1) is 24.8 Å². The van der Waals surface area contributed by atoms with E-state index in [0.29, 0.717) is 5.92 Å². The molecule has 0 heterocycles. The van der Waals surface area contributed by atoms with Crippen LogP contribution in [-0.2, 0) is 46.4 Å². The van der Waals surface area contributed by atoms with Gasteiger partial charge in [0.1, 0.15) is 0 Å². The Bertz CT molecular complexity index is 2750. The van der Waals surface area contributed by atoms with Crippen LogP contribution in [0.1, 0.15) is 189 Å². The normalized spacial score (nSPS) is 19.0. The first-order valence-electron chi connectivity index (χ1n) is 24.7. The van der Waals surface area contributed by atoms with Crippen molar-refractivity contribution in [2.75, 3.05) is 0 Å². The van der Waals surface area contributed by atoms with Gasteiger partial charge >= 0.3 is 394 Å². The summed E-state index contributed by atoms with van der Waals surface area (Å²) < 4.78 is 12.3. The summed E-state index contributed by atoms with van der Waals surface area (Å²) in [6.45, 7) is 48.3. The molecule has 1 atom stereocenters. The van der Waals surface area contributed by atoms with Gasteiger partial charge in [0, 0.05) is 0 Å². The summed E-state index contributed by atoms with van der Waals surface area (Å²) in [4.78, 5) is 0. The standard InChI is InChI=1S/C31H37.C11H17.2C10H13.CH2.2ClH.Zr/c1-28(2,3)26-16-30(7,8)24-12-18-11-19-13-25-23(15-21(19)20(18)14-22(24)26)27(29(4,5)6)17-31(25,9)10;1-5-9-6-7-10(8-9)11(2,3)4;2*1-10(2,3)9-7-5-4-6-8-9;;;;/h12-16H,11H2,1-10H3;7-9H,5H2,1-4H3;2*5-8H,1-3H3;1H2;2*1H;. The molecule has 0 saturated carbocycles. The van der Waals surface area contributed by atoms with Gasteiger partial charge in [0.25, 0.3) is 0 Å². The predicted molar refractivity (Wildman–Crippen MR) is 295 cm³/mol. The van der Waals surface area contributed by atoms with Crippen molar-refractivity contribution in [1.82, 2.24) is 0 Å². The Hall–Kier alpha value is -2.83. The van der Waals surface area contributed by atoms with Crippen LogP contribution in [0.3, 0.4) is 0 Å². The average Bonchev–Trinajstić information content (AvgIpc) is 3.91. The van der Waals surface area contributed by atoms with Crippen molar-refractivity contribution >= 4 is 46.7 Å². The molecule has 0 aliphatic heterocycles. The van der Waals surface area contributed by atoms with Crippen molar-refractivity contribution in [1.29, 1.82) is 0 Å². The third kappa shape index (κ3) is 7.83. The summed E-state index contributed by atoms with van der Waals surface area (Å²) in [5.41, 5.74) is 18.6. The molecule has 3 heteroatoms. The number of hydrogen-bond acceptors (Lipinski definition) is 0. The molecule has 0 nitrogen and oxygen atoms in total. The molecule has 354 valence electrons. The zero-order valence-electron chi connectivity index (χ0n) is 44.7. The summed E-state index contributed by atoms with van der Waals surface area (Å²) in [6.07, 6.45) is 9.93. The second kappa shape index (κ2) is 16.1. The molecule has 0 spiro atoms. The van der Waals surface area contributed by atoms with Crippen molar-refractivity contribution in [3.63, 3.8) is 0 Å². The van der Waals surface area contributed by atoms with Crippen LogP contribution in [0.15, 0.2) is 103 Å². The molecule has 0 N–H and O–H groups in total. The van der Waals surface area contributed by atoms with E-state index in [4.69, 9.17) is 4.21 Å². The van der Waals surface area contributed by atoms with E-state index < -0.39 is 18.3 Å². The van der Waals surface area contributed by atoms with Gasteiger partial charge in [-0.05, 0) is 0 Å². The number of halogens is 2. The van der Waals surface area contributed by atoms with Gasteiger partial charge in [-0.25, -0.2) is 0 Å². The number of hydrogen-bond donors (Lipinski definition) is 0. The Morgan fingerprint density at radius 2 is 1.02 bits per heavy atom. The molecule has 4 aliphatic carbocycles. The fraction of sp³-hybridized carbons (Fsp3) is 0.476. The summed E-state index contributed by atoms with van der Waals surface area (Å²) in [7, 11) is 0. The van der Waals surface area contributed by atoms with Crippen LogP contribution in [-0.4, -0.2) is 4.21 Å². The Labute approximate surface area is 415 Å². The van der Waals surface area contributed by atoms with E-state index in [9.17, 15) is 0 Å². The molecule has 4 aliphatic rings. The second-order valence-electron chi connectivity index (χ2n) is 27.0. The van der Waals surface area contributed by atoms with Crippen LogP contribution < -0.4 is 6.54 Å². The molecule has 66 heavy (non-hydrogen) atoms. The average molecular weight is 1000 g/mol. The Balaban J connectivity index is 0.00000360. The van der Waals surface area contributed by atoms with Gasteiger partial charge in [0.15, 0.2) is 0 Å². The molecule has 4 aromatic rings. The zero-order chi connectivity index (χ0) is 47.4. The first-order chi connectivity index (χ1) is 29.1. The Morgan fingerprint density at radius 1 is 0.561 bits per heavy atom. The third-order valence-corrected chi connectivity index (χ3v) is 33.6. The summed E-state index contributed by atoms with van der Waals surface area (Å²) >= 11 is -5.35. The van der Waals surface area contributed by atoms with Crippen LogP contribution >= 0.6 is 24.8 Å². The predicted octanol–water partition coefficient (Wildman–Crippen LogP) is 17.1. The molecule has 0 fully saturated rings. The first kappa shape index (κ1) is 52.5. The van der Waals surface area contributed by atoms with E-state index in [2.05, 4.69) is 229 Å². The molecular weight excluding hydrogens is 919 g/mol. The second-order valence-corrected chi connectivity index (χ2v) is 39.7. The van der Waals surface area contributed by atoms with E-state index in [1.54, 1.807) is 6.56 Å². The van der Waals surface area contributed by atoms with Gasteiger partial charge in [-0.2, -0.15) is 0 Å².